The second-order valence-corrected chi connectivity index (χ2v) is 5.42. The van der Waals surface area contributed by atoms with Crippen LogP contribution in [0.25, 0.3) is 5.78 Å². The van der Waals surface area contributed by atoms with Crippen LogP contribution in [-0.4, -0.2) is 42.9 Å². The third kappa shape index (κ3) is 2.67. The zero-order valence-electron chi connectivity index (χ0n) is 11.2. The van der Waals surface area contributed by atoms with Crippen molar-refractivity contribution < 1.29 is 0 Å². The van der Waals surface area contributed by atoms with Crippen LogP contribution in [0.1, 0.15) is 10.7 Å². The molecule has 0 spiro atoms. The maximum absolute atomic E-state index is 4.29. The van der Waals surface area contributed by atoms with Gasteiger partial charge in [0.25, 0.3) is 5.78 Å². The van der Waals surface area contributed by atoms with Gasteiger partial charge in [-0.05, 0) is 13.8 Å². The molecule has 8 nitrogen and oxygen atoms in total. The van der Waals surface area contributed by atoms with E-state index in [1.54, 1.807) is 15.9 Å². The fraction of sp³-hybridized carbons (Fsp3) is 0.364. The summed E-state index contributed by atoms with van der Waals surface area (Å²) in [6, 6.07) is 1.94. The molecule has 3 aromatic rings. The van der Waals surface area contributed by atoms with E-state index in [1.165, 1.54) is 6.33 Å². The molecule has 3 aromatic heterocycles. The summed E-state index contributed by atoms with van der Waals surface area (Å²) in [6.07, 6.45) is 1.50. The first-order chi connectivity index (χ1) is 9.72. The molecule has 0 saturated heterocycles. The van der Waals surface area contributed by atoms with Crippen LogP contribution in [0.3, 0.4) is 0 Å². The predicted molar refractivity (Wildman–Crippen MR) is 77.1 cm³/mol. The van der Waals surface area contributed by atoms with E-state index in [9.17, 15) is 0 Å². The minimum atomic E-state index is 0.597. The number of anilines is 2. The Labute approximate surface area is 119 Å². The van der Waals surface area contributed by atoms with Crippen LogP contribution in [0, 0.1) is 13.8 Å². The topological polar surface area (TPSA) is 92.9 Å². The maximum Gasteiger partial charge on any atom is 0.254 e. The molecular weight excluding hydrogens is 276 g/mol. The Morgan fingerprint density at radius 2 is 2.05 bits per heavy atom. The van der Waals surface area contributed by atoms with Crippen molar-refractivity contribution in [1.29, 1.82) is 0 Å². The molecule has 0 saturated carbocycles. The lowest BCUT2D eigenvalue weighted by Crippen LogP contribution is -2.16. The van der Waals surface area contributed by atoms with Crippen LogP contribution in [0.2, 0.25) is 0 Å². The quantitative estimate of drug-likeness (QED) is 0.680. The van der Waals surface area contributed by atoms with Gasteiger partial charge in [0.15, 0.2) is 0 Å². The van der Waals surface area contributed by atoms with E-state index in [1.807, 2.05) is 19.9 Å². The van der Waals surface area contributed by atoms with Crippen molar-refractivity contribution >= 4 is 28.1 Å². The second-order valence-electron chi connectivity index (χ2n) is 4.23. The Kier molecular flexibility index (Phi) is 3.42. The first kappa shape index (κ1) is 12.7. The fourth-order valence-electron chi connectivity index (χ4n) is 1.78. The molecule has 3 heterocycles. The molecule has 3 rings (SSSR count). The van der Waals surface area contributed by atoms with Gasteiger partial charge >= 0.3 is 0 Å². The van der Waals surface area contributed by atoms with Gasteiger partial charge in [0, 0.05) is 24.8 Å². The molecule has 0 aromatic carbocycles. The highest BCUT2D eigenvalue weighted by Gasteiger charge is 2.05. The molecule has 0 bridgehead atoms. The van der Waals surface area contributed by atoms with Gasteiger partial charge in [-0.25, -0.2) is 4.98 Å². The summed E-state index contributed by atoms with van der Waals surface area (Å²) >= 11 is 1.54. The van der Waals surface area contributed by atoms with Gasteiger partial charge < -0.3 is 10.6 Å². The highest BCUT2D eigenvalue weighted by molar-refractivity contribution is 7.15. The molecule has 0 fully saturated rings. The first-order valence-electron chi connectivity index (χ1n) is 6.17. The molecule has 0 unspecified atom stereocenters. The van der Waals surface area contributed by atoms with Crippen molar-refractivity contribution in [2.24, 2.45) is 0 Å². The van der Waals surface area contributed by atoms with Gasteiger partial charge in [0.2, 0.25) is 5.13 Å². The van der Waals surface area contributed by atoms with E-state index < -0.39 is 0 Å². The lowest BCUT2D eigenvalue weighted by Gasteiger charge is -2.08. The van der Waals surface area contributed by atoms with E-state index in [-0.39, 0.29) is 0 Å². The summed E-state index contributed by atoms with van der Waals surface area (Å²) in [5, 5.41) is 20.4. The number of hydrogen-bond acceptors (Lipinski definition) is 8. The lowest BCUT2D eigenvalue weighted by atomic mass is 10.4. The average Bonchev–Trinajstić information content (AvgIpc) is 3.03. The highest BCUT2D eigenvalue weighted by atomic mass is 32.1. The van der Waals surface area contributed by atoms with Crippen LogP contribution < -0.4 is 10.6 Å². The summed E-state index contributed by atoms with van der Waals surface area (Å²) in [7, 11) is 0. The van der Waals surface area contributed by atoms with Crippen LogP contribution in [-0.2, 0) is 0 Å². The molecule has 0 aliphatic carbocycles. The minimum Gasteiger partial charge on any atom is -0.368 e. The van der Waals surface area contributed by atoms with Crippen molar-refractivity contribution in [2.75, 3.05) is 23.7 Å². The average molecular weight is 290 g/mol. The third-order valence-corrected chi connectivity index (χ3v) is 3.41. The van der Waals surface area contributed by atoms with Gasteiger partial charge in [-0.2, -0.15) is 14.6 Å². The van der Waals surface area contributed by atoms with Crippen molar-refractivity contribution in [3.05, 3.63) is 23.1 Å². The standard InChI is InChI=1S/C11H14N8S/c1-7-5-9(19-10(16-7)14-6-15-19)12-3-4-13-11-18-17-8(2)20-11/h5-6,12H,3-4H2,1-2H3,(H,13,18). The Hall–Kier alpha value is -2.29. The third-order valence-electron chi connectivity index (χ3n) is 2.61. The Bertz CT molecular complexity index is 718. The summed E-state index contributed by atoms with van der Waals surface area (Å²) in [5.74, 6) is 1.47. The van der Waals surface area contributed by atoms with Crippen LogP contribution in [0.5, 0.6) is 0 Å². The summed E-state index contributed by atoms with van der Waals surface area (Å²) < 4.78 is 1.68. The van der Waals surface area contributed by atoms with Gasteiger partial charge in [0.1, 0.15) is 17.2 Å². The zero-order chi connectivity index (χ0) is 13.9. The van der Waals surface area contributed by atoms with Crippen LogP contribution in [0.15, 0.2) is 12.4 Å². The SMILES string of the molecule is Cc1cc(NCCNc2nnc(C)s2)n2ncnc2n1. The number of nitrogens with zero attached hydrogens (tertiary/aromatic N) is 6. The summed E-state index contributed by atoms with van der Waals surface area (Å²) in [5.41, 5.74) is 0.903. The van der Waals surface area contributed by atoms with E-state index >= 15 is 0 Å². The van der Waals surface area contributed by atoms with Crippen molar-refractivity contribution in [3.8, 4) is 0 Å². The predicted octanol–water partition coefficient (Wildman–Crippen LogP) is 1.12. The molecule has 0 amide bonds. The number of hydrogen-bond donors (Lipinski definition) is 2. The van der Waals surface area contributed by atoms with E-state index in [4.69, 9.17) is 0 Å². The highest BCUT2D eigenvalue weighted by Crippen LogP contribution is 2.13. The molecule has 9 heteroatoms. The fourth-order valence-corrected chi connectivity index (χ4v) is 2.40. The van der Waals surface area contributed by atoms with Gasteiger partial charge in [-0.1, -0.05) is 11.3 Å². The normalized spacial score (nSPS) is 10.9. The molecule has 2 N–H and O–H groups in total. The molecule has 0 aliphatic rings. The lowest BCUT2D eigenvalue weighted by molar-refractivity contribution is 0.913. The molecule has 104 valence electrons. The molecule has 0 radical (unpaired) electrons. The van der Waals surface area contributed by atoms with Crippen LogP contribution in [0.4, 0.5) is 10.9 Å². The Morgan fingerprint density at radius 3 is 2.85 bits per heavy atom. The van der Waals surface area contributed by atoms with E-state index in [0.29, 0.717) is 5.78 Å². The number of rotatable bonds is 5. The van der Waals surface area contributed by atoms with E-state index in [2.05, 4.69) is 35.9 Å². The number of aromatic nitrogens is 6. The van der Waals surface area contributed by atoms with Crippen LogP contribution >= 0.6 is 11.3 Å². The molecule has 0 atom stereocenters. The van der Waals surface area contributed by atoms with Crippen molar-refractivity contribution in [1.82, 2.24) is 29.8 Å². The zero-order valence-corrected chi connectivity index (χ0v) is 12.0. The largest absolute Gasteiger partial charge is 0.368 e. The Balaban J connectivity index is 1.61. The number of nitrogens with one attached hydrogen (secondary N) is 2. The van der Waals surface area contributed by atoms with Crippen molar-refractivity contribution in [2.45, 2.75) is 13.8 Å². The monoisotopic (exact) mass is 290 g/mol. The molecule has 0 aliphatic heterocycles. The van der Waals surface area contributed by atoms with E-state index in [0.717, 1.165) is 34.7 Å². The number of fused-ring (bicyclic) bond motifs is 1. The smallest absolute Gasteiger partial charge is 0.254 e. The van der Waals surface area contributed by atoms with Gasteiger partial charge in [0.05, 0.1) is 0 Å². The maximum atomic E-state index is 4.29. The Morgan fingerprint density at radius 1 is 1.20 bits per heavy atom. The molecule has 20 heavy (non-hydrogen) atoms. The van der Waals surface area contributed by atoms with Gasteiger partial charge in [-0.3, -0.25) is 0 Å². The number of aryl methyl sites for hydroxylation is 2. The summed E-state index contributed by atoms with van der Waals surface area (Å²) in [6.45, 7) is 5.34. The minimum absolute atomic E-state index is 0.597. The second kappa shape index (κ2) is 5.37. The van der Waals surface area contributed by atoms with Gasteiger partial charge in [-0.15, -0.1) is 10.2 Å². The summed E-state index contributed by atoms with van der Waals surface area (Å²) in [4.78, 5) is 8.38. The van der Waals surface area contributed by atoms with Crippen molar-refractivity contribution in [3.63, 3.8) is 0 Å². The first-order valence-corrected chi connectivity index (χ1v) is 6.99. The molecular formula is C11H14N8S.